The Labute approximate surface area is 132 Å². The molecular weight excluding hydrogens is 288 g/mol. The molecular formula is C16H28O6. The molecule has 6 nitrogen and oxygen atoms in total. The first-order chi connectivity index (χ1) is 10.1. The molecule has 0 aromatic heterocycles. The van der Waals surface area contributed by atoms with E-state index in [9.17, 15) is 10.2 Å². The summed E-state index contributed by atoms with van der Waals surface area (Å²) in [6.07, 6.45) is -1.41. The Morgan fingerprint density at radius 2 is 1.32 bits per heavy atom. The number of aliphatic hydroxyl groups is 2. The van der Waals surface area contributed by atoms with Crippen molar-refractivity contribution in [2.75, 3.05) is 13.2 Å². The molecule has 0 unspecified atom stereocenters. The van der Waals surface area contributed by atoms with Crippen LogP contribution in [0.1, 0.15) is 40.5 Å². The number of hydrogen-bond acceptors (Lipinski definition) is 6. The lowest BCUT2D eigenvalue weighted by Gasteiger charge is -2.23. The first-order valence-electron chi connectivity index (χ1n) is 7.74. The number of hydrogen-bond donors (Lipinski definition) is 2. The van der Waals surface area contributed by atoms with E-state index in [1.165, 1.54) is 0 Å². The fraction of sp³-hybridized carbons (Fsp3) is 0.875. The molecule has 2 heterocycles. The predicted octanol–water partition coefficient (Wildman–Crippen LogP) is 1.35. The molecule has 0 aromatic carbocycles. The highest BCUT2D eigenvalue weighted by Crippen LogP contribution is 2.29. The Morgan fingerprint density at radius 3 is 1.59 bits per heavy atom. The average Bonchev–Trinajstić information content (AvgIpc) is 2.91. The lowest BCUT2D eigenvalue weighted by Crippen LogP contribution is -2.33. The summed E-state index contributed by atoms with van der Waals surface area (Å²) in [6, 6.07) is 0. The van der Waals surface area contributed by atoms with Crippen LogP contribution >= 0.6 is 0 Å². The molecule has 128 valence electrons. The van der Waals surface area contributed by atoms with Gasteiger partial charge in [-0.15, -0.1) is 0 Å². The summed E-state index contributed by atoms with van der Waals surface area (Å²) < 4.78 is 22.1. The molecule has 0 saturated carbocycles. The topological polar surface area (TPSA) is 77.4 Å². The molecule has 6 heteroatoms. The fourth-order valence-electron chi connectivity index (χ4n) is 2.75. The van der Waals surface area contributed by atoms with Gasteiger partial charge in [0.15, 0.2) is 11.6 Å². The van der Waals surface area contributed by atoms with Crippen LogP contribution in [0.2, 0.25) is 0 Å². The van der Waals surface area contributed by atoms with Crippen molar-refractivity contribution in [1.82, 2.24) is 0 Å². The van der Waals surface area contributed by atoms with Gasteiger partial charge in [0.2, 0.25) is 0 Å². The Bertz CT molecular complexity index is 369. The van der Waals surface area contributed by atoms with Crippen LogP contribution in [0.3, 0.4) is 0 Å². The van der Waals surface area contributed by atoms with E-state index in [1.54, 1.807) is 0 Å². The van der Waals surface area contributed by atoms with Crippen LogP contribution in [0.5, 0.6) is 0 Å². The van der Waals surface area contributed by atoms with Crippen molar-refractivity contribution >= 4 is 0 Å². The van der Waals surface area contributed by atoms with E-state index < -0.39 is 23.8 Å². The van der Waals surface area contributed by atoms with Gasteiger partial charge in [0, 0.05) is 0 Å². The lowest BCUT2D eigenvalue weighted by atomic mass is 9.98. The van der Waals surface area contributed by atoms with Crippen molar-refractivity contribution in [3.63, 3.8) is 0 Å². The van der Waals surface area contributed by atoms with Gasteiger partial charge in [0.1, 0.15) is 12.2 Å². The minimum Gasteiger partial charge on any atom is -0.390 e. The second-order valence-electron chi connectivity index (χ2n) is 7.03. The third-order valence-electron chi connectivity index (χ3n) is 3.91. The maximum absolute atomic E-state index is 10.2. The van der Waals surface area contributed by atoms with Gasteiger partial charge in [0.05, 0.1) is 25.4 Å². The van der Waals surface area contributed by atoms with Gasteiger partial charge in [-0.1, -0.05) is 12.2 Å². The quantitative estimate of drug-likeness (QED) is 0.720. The fourth-order valence-corrected chi connectivity index (χ4v) is 2.75. The van der Waals surface area contributed by atoms with E-state index in [2.05, 4.69) is 6.58 Å². The molecule has 2 N–H and O–H groups in total. The Kier molecular flexibility index (Phi) is 5.31. The Hall–Kier alpha value is -0.500. The lowest BCUT2D eigenvalue weighted by molar-refractivity contribution is -0.151. The molecule has 2 rings (SSSR count). The third kappa shape index (κ3) is 4.75. The van der Waals surface area contributed by atoms with Crippen LogP contribution in [0, 0.1) is 0 Å². The van der Waals surface area contributed by atoms with Crippen molar-refractivity contribution in [1.29, 1.82) is 0 Å². The largest absolute Gasteiger partial charge is 0.390 e. The van der Waals surface area contributed by atoms with E-state index in [0.717, 1.165) is 5.57 Å². The zero-order chi connectivity index (χ0) is 16.5. The number of ether oxygens (including phenoxy) is 4. The summed E-state index contributed by atoms with van der Waals surface area (Å²) in [6.45, 7) is 11.9. The van der Waals surface area contributed by atoms with Crippen molar-refractivity contribution in [2.45, 2.75) is 76.5 Å². The van der Waals surface area contributed by atoms with Crippen LogP contribution in [-0.2, 0) is 18.9 Å². The normalized spacial score (nSPS) is 32.8. The molecule has 2 saturated heterocycles. The summed E-state index contributed by atoms with van der Waals surface area (Å²) in [5, 5.41) is 20.4. The molecule has 0 bridgehead atoms. The second kappa shape index (κ2) is 6.55. The van der Waals surface area contributed by atoms with Crippen molar-refractivity contribution in [3.8, 4) is 0 Å². The second-order valence-corrected chi connectivity index (χ2v) is 7.03. The number of aliphatic hydroxyl groups excluding tert-OH is 2. The maximum atomic E-state index is 10.2. The van der Waals surface area contributed by atoms with Gasteiger partial charge in [-0.2, -0.15) is 0 Å². The van der Waals surface area contributed by atoms with Crippen LogP contribution in [0.25, 0.3) is 0 Å². The maximum Gasteiger partial charge on any atom is 0.163 e. The predicted molar refractivity (Wildman–Crippen MR) is 80.2 cm³/mol. The SMILES string of the molecule is C=C(C[C@H](O)[C@H]1COC(C)(C)O1)C[C@H](O)[C@H]1COC(C)(C)O1. The highest BCUT2D eigenvalue weighted by atomic mass is 16.8. The minimum absolute atomic E-state index is 0.359. The summed E-state index contributed by atoms with van der Waals surface area (Å²) in [5.74, 6) is -1.32. The van der Waals surface area contributed by atoms with Gasteiger partial charge < -0.3 is 29.2 Å². The van der Waals surface area contributed by atoms with Gasteiger partial charge >= 0.3 is 0 Å². The summed E-state index contributed by atoms with van der Waals surface area (Å²) in [7, 11) is 0. The van der Waals surface area contributed by atoms with Crippen molar-refractivity contribution in [2.24, 2.45) is 0 Å². The summed E-state index contributed by atoms with van der Waals surface area (Å²) in [5.41, 5.74) is 0.751. The van der Waals surface area contributed by atoms with Gasteiger partial charge in [-0.05, 0) is 40.5 Å². The molecule has 4 atom stereocenters. The van der Waals surface area contributed by atoms with E-state index in [0.29, 0.717) is 26.1 Å². The molecule has 2 aliphatic rings. The molecule has 0 amide bonds. The number of rotatable bonds is 6. The molecule has 0 spiro atoms. The Morgan fingerprint density at radius 1 is 0.955 bits per heavy atom. The van der Waals surface area contributed by atoms with Crippen LogP contribution in [0.15, 0.2) is 12.2 Å². The van der Waals surface area contributed by atoms with Crippen LogP contribution in [0.4, 0.5) is 0 Å². The smallest absolute Gasteiger partial charge is 0.163 e. The molecule has 0 aliphatic carbocycles. The summed E-state index contributed by atoms with van der Waals surface area (Å²) >= 11 is 0. The third-order valence-corrected chi connectivity index (χ3v) is 3.91. The average molecular weight is 316 g/mol. The molecule has 2 aliphatic heterocycles. The van der Waals surface area contributed by atoms with E-state index in [1.807, 2.05) is 27.7 Å². The molecule has 22 heavy (non-hydrogen) atoms. The van der Waals surface area contributed by atoms with Crippen LogP contribution < -0.4 is 0 Å². The molecule has 0 aromatic rings. The zero-order valence-corrected chi connectivity index (χ0v) is 13.9. The van der Waals surface area contributed by atoms with Crippen molar-refractivity contribution < 1.29 is 29.2 Å². The minimum atomic E-state index is -0.696. The zero-order valence-electron chi connectivity index (χ0n) is 13.9. The summed E-state index contributed by atoms with van der Waals surface area (Å²) in [4.78, 5) is 0. The van der Waals surface area contributed by atoms with Gasteiger partial charge in [-0.25, -0.2) is 0 Å². The van der Waals surface area contributed by atoms with Gasteiger partial charge in [-0.3, -0.25) is 0 Å². The van der Waals surface area contributed by atoms with E-state index >= 15 is 0 Å². The van der Waals surface area contributed by atoms with Gasteiger partial charge in [0.25, 0.3) is 0 Å². The highest BCUT2D eigenvalue weighted by Gasteiger charge is 2.38. The first kappa shape index (κ1) is 17.8. The van der Waals surface area contributed by atoms with E-state index in [4.69, 9.17) is 18.9 Å². The monoisotopic (exact) mass is 316 g/mol. The molecule has 2 fully saturated rings. The molecule has 0 radical (unpaired) electrons. The van der Waals surface area contributed by atoms with Crippen LogP contribution in [-0.4, -0.2) is 59.4 Å². The Balaban J connectivity index is 1.76. The van der Waals surface area contributed by atoms with Crippen molar-refractivity contribution in [3.05, 3.63) is 12.2 Å². The van der Waals surface area contributed by atoms with E-state index in [-0.39, 0.29) is 12.2 Å². The highest BCUT2D eigenvalue weighted by molar-refractivity contribution is 5.01. The first-order valence-corrected chi connectivity index (χ1v) is 7.74. The standard InChI is InChI=1S/C16H28O6/c1-10(6-11(17)13-8-19-15(2,3)21-13)7-12(18)14-9-20-16(4,5)22-14/h11-14,17-18H,1,6-9H2,2-5H3/t11-,12-,13+,14+/m0/s1.